The van der Waals surface area contributed by atoms with E-state index in [1.807, 2.05) is 12.1 Å². The molecule has 2 N–H and O–H groups in total. The van der Waals surface area contributed by atoms with E-state index < -0.39 is 0 Å². The summed E-state index contributed by atoms with van der Waals surface area (Å²) in [7, 11) is 0. The van der Waals surface area contributed by atoms with E-state index in [1.165, 1.54) is 0 Å². The molecule has 1 aromatic rings. The first-order valence-corrected chi connectivity index (χ1v) is 6.43. The van der Waals surface area contributed by atoms with Gasteiger partial charge in [0.1, 0.15) is 6.07 Å². The van der Waals surface area contributed by atoms with Crippen LogP contribution in [0.15, 0.2) is 22.7 Å². The van der Waals surface area contributed by atoms with Gasteiger partial charge in [-0.3, -0.25) is 0 Å². The molecule has 0 bridgehead atoms. The van der Waals surface area contributed by atoms with Crippen LogP contribution >= 0.6 is 15.9 Å². The van der Waals surface area contributed by atoms with Gasteiger partial charge in [0.15, 0.2) is 0 Å². The Balaban J connectivity index is 2.83. The first kappa shape index (κ1) is 14.0. The monoisotopic (exact) mass is 296 g/mol. The minimum Gasteiger partial charge on any atom is -0.394 e. The zero-order valence-corrected chi connectivity index (χ0v) is 11.7. The standard InChI is InChI=1S/C13H17BrN2O/c1-9(2)5-12(8-17)16-13-4-3-11(14)6-10(13)7-15/h3-4,6,9,12,16-17H,5,8H2,1-2H3. The second kappa shape index (κ2) is 6.63. The first-order chi connectivity index (χ1) is 8.06. The van der Waals surface area contributed by atoms with E-state index in [-0.39, 0.29) is 12.6 Å². The van der Waals surface area contributed by atoms with E-state index >= 15 is 0 Å². The predicted molar refractivity (Wildman–Crippen MR) is 72.8 cm³/mol. The number of hydrogen-bond acceptors (Lipinski definition) is 3. The number of aliphatic hydroxyl groups is 1. The van der Waals surface area contributed by atoms with Gasteiger partial charge < -0.3 is 10.4 Å². The van der Waals surface area contributed by atoms with Crippen molar-refractivity contribution < 1.29 is 5.11 Å². The fraction of sp³-hybridized carbons (Fsp3) is 0.462. The van der Waals surface area contributed by atoms with Crippen LogP contribution in [0.4, 0.5) is 5.69 Å². The van der Waals surface area contributed by atoms with E-state index in [9.17, 15) is 5.11 Å². The lowest BCUT2D eigenvalue weighted by molar-refractivity contribution is 0.259. The van der Waals surface area contributed by atoms with Crippen LogP contribution in [-0.2, 0) is 0 Å². The molecule has 0 aliphatic carbocycles. The van der Waals surface area contributed by atoms with Crippen molar-refractivity contribution in [1.29, 1.82) is 5.26 Å². The van der Waals surface area contributed by atoms with Crippen molar-refractivity contribution in [2.45, 2.75) is 26.3 Å². The number of rotatable bonds is 5. The molecule has 1 unspecified atom stereocenters. The molecule has 4 heteroatoms. The fourth-order valence-electron chi connectivity index (χ4n) is 1.70. The van der Waals surface area contributed by atoms with Gasteiger partial charge in [0.25, 0.3) is 0 Å². The number of halogens is 1. The van der Waals surface area contributed by atoms with E-state index in [1.54, 1.807) is 6.07 Å². The number of nitrogens with one attached hydrogen (secondary N) is 1. The van der Waals surface area contributed by atoms with Crippen molar-refractivity contribution in [3.63, 3.8) is 0 Å². The van der Waals surface area contributed by atoms with Crippen LogP contribution in [-0.4, -0.2) is 17.8 Å². The van der Waals surface area contributed by atoms with Crippen LogP contribution < -0.4 is 5.32 Å². The molecule has 0 heterocycles. The van der Waals surface area contributed by atoms with Gasteiger partial charge in [-0.25, -0.2) is 0 Å². The van der Waals surface area contributed by atoms with Crippen LogP contribution in [0.25, 0.3) is 0 Å². The summed E-state index contributed by atoms with van der Waals surface area (Å²) in [6.45, 7) is 4.29. The fourth-order valence-corrected chi connectivity index (χ4v) is 2.06. The van der Waals surface area contributed by atoms with Crippen molar-refractivity contribution in [3.05, 3.63) is 28.2 Å². The minimum atomic E-state index is -0.0109. The van der Waals surface area contributed by atoms with E-state index in [0.29, 0.717) is 11.5 Å². The molecular weight excluding hydrogens is 280 g/mol. The van der Waals surface area contributed by atoms with E-state index in [2.05, 4.69) is 41.2 Å². The van der Waals surface area contributed by atoms with Gasteiger partial charge in [-0.2, -0.15) is 5.26 Å². The van der Waals surface area contributed by atoms with Crippen molar-refractivity contribution in [1.82, 2.24) is 0 Å². The van der Waals surface area contributed by atoms with E-state index in [4.69, 9.17) is 5.26 Å². The first-order valence-electron chi connectivity index (χ1n) is 5.63. The molecule has 0 radical (unpaired) electrons. The zero-order chi connectivity index (χ0) is 12.8. The van der Waals surface area contributed by atoms with Gasteiger partial charge >= 0.3 is 0 Å². The maximum atomic E-state index is 9.30. The zero-order valence-electron chi connectivity index (χ0n) is 10.1. The Morgan fingerprint density at radius 3 is 2.71 bits per heavy atom. The highest BCUT2D eigenvalue weighted by atomic mass is 79.9. The van der Waals surface area contributed by atoms with Crippen LogP contribution in [0.5, 0.6) is 0 Å². The maximum absolute atomic E-state index is 9.30. The predicted octanol–water partition coefficient (Wildman–Crippen LogP) is 3.14. The SMILES string of the molecule is CC(C)CC(CO)Nc1ccc(Br)cc1C#N. The summed E-state index contributed by atoms with van der Waals surface area (Å²) in [5, 5.41) is 21.6. The molecule has 1 aromatic carbocycles. The third-order valence-corrected chi connectivity index (χ3v) is 2.93. The number of benzene rings is 1. The number of nitrogens with zero attached hydrogens (tertiary/aromatic N) is 1. The van der Waals surface area contributed by atoms with Crippen LogP contribution in [0.3, 0.4) is 0 Å². The Morgan fingerprint density at radius 2 is 2.18 bits per heavy atom. The Morgan fingerprint density at radius 1 is 1.47 bits per heavy atom. The van der Waals surface area contributed by atoms with Gasteiger partial charge in [0, 0.05) is 10.5 Å². The van der Waals surface area contributed by atoms with Gasteiger partial charge in [-0.15, -0.1) is 0 Å². The molecule has 0 saturated heterocycles. The summed E-state index contributed by atoms with van der Waals surface area (Å²) < 4.78 is 0.879. The molecule has 3 nitrogen and oxygen atoms in total. The largest absolute Gasteiger partial charge is 0.394 e. The molecule has 0 fully saturated rings. The maximum Gasteiger partial charge on any atom is 0.101 e. The van der Waals surface area contributed by atoms with Crippen molar-refractivity contribution in [2.75, 3.05) is 11.9 Å². The quantitative estimate of drug-likeness (QED) is 0.878. The third kappa shape index (κ3) is 4.37. The molecular formula is C13H17BrN2O. The summed E-state index contributed by atoms with van der Waals surface area (Å²) >= 11 is 3.33. The molecule has 92 valence electrons. The number of anilines is 1. The number of hydrogen-bond donors (Lipinski definition) is 2. The topological polar surface area (TPSA) is 56.0 Å². The normalized spacial score (nSPS) is 12.2. The summed E-state index contributed by atoms with van der Waals surface area (Å²) in [6, 6.07) is 7.64. The van der Waals surface area contributed by atoms with Crippen LogP contribution in [0, 0.1) is 17.2 Å². The molecule has 0 saturated carbocycles. The molecule has 17 heavy (non-hydrogen) atoms. The molecule has 0 aromatic heterocycles. The summed E-state index contributed by atoms with van der Waals surface area (Å²) in [5.74, 6) is 0.501. The molecule has 0 aliphatic heterocycles. The van der Waals surface area contributed by atoms with Crippen molar-refractivity contribution >= 4 is 21.6 Å². The number of aliphatic hydroxyl groups excluding tert-OH is 1. The minimum absolute atomic E-state index is 0.0109. The average molecular weight is 297 g/mol. The third-order valence-electron chi connectivity index (χ3n) is 2.44. The smallest absolute Gasteiger partial charge is 0.101 e. The Hall–Kier alpha value is -1.05. The molecule has 0 aliphatic rings. The van der Waals surface area contributed by atoms with Crippen molar-refractivity contribution in [3.8, 4) is 6.07 Å². The highest BCUT2D eigenvalue weighted by Crippen LogP contribution is 2.22. The average Bonchev–Trinajstić information content (AvgIpc) is 2.29. The highest BCUT2D eigenvalue weighted by molar-refractivity contribution is 9.10. The summed E-state index contributed by atoms with van der Waals surface area (Å²) in [4.78, 5) is 0. The Bertz CT molecular complexity index is 412. The van der Waals surface area contributed by atoms with Crippen molar-refractivity contribution in [2.24, 2.45) is 5.92 Å². The van der Waals surface area contributed by atoms with Gasteiger partial charge in [-0.1, -0.05) is 29.8 Å². The number of nitriles is 1. The summed E-state index contributed by atoms with van der Waals surface area (Å²) in [6.07, 6.45) is 0.872. The molecule has 0 amide bonds. The lowest BCUT2D eigenvalue weighted by atomic mass is 10.0. The molecule has 0 spiro atoms. The van der Waals surface area contributed by atoms with Crippen LogP contribution in [0.2, 0.25) is 0 Å². The second-order valence-electron chi connectivity index (χ2n) is 4.46. The van der Waals surface area contributed by atoms with E-state index in [0.717, 1.165) is 16.6 Å². The lowest BCUT2D eigenvalue weighted by Gasteiger charge is -2.20. The Labute approximate surface area is 111 Å². The van der Waals surface area contributed by atoms with Gasteiger partial charge in [0.2, 0.25) is 0 Å². The lowest BCUT2D eigenvalue weighted by Crippen LogP contribution is -2.26. The Kier molecular flexibility index (Phi) is 5.46. The second-order valence-corrected chi connectivity index (χ2v) is 5.37. The summed E-state index contributed by atoms with van der Waals surface area (Å²) in [5.41, 5.74) is 1.36. The van der Waals surface area contributed by atoms with Crippen LogP contribution in [0.1, 0.15) is 25.8 Å². The highest BCUT2D eigenvalue weighted by Gasteiger charge is 2.11. The van der Waals surface area contributed by atoms with Gasteiger partial charge in [0.05, 0.1) is 17.9 Å². The molecule has 1 rings (SSSR count). The van der Waals surface area contributed by atoms with Gasteiger partial charge in [-0.05, 0) is 30.5 Å². The molecule has 1 atom stereocenters.